The Bertz CT molecular complexity index is 566. The first kappa shape index (κ1) is 17.0. The molecule has 5 nitrogen and oxygen atoms in total. The lowest BCUT2D eigenvalue weighted by atomic mass is 10.0. The first-order valence-corrected chi connectivity index (χ1v) is 9.48. The highest BCUT2D eigenvalue weighted by Gasteiger charge is 2.16. The summed E-state index contributed by atoms with van der Waals surface area (Å²) in [5.41, 5.74) is 0. The number of nitrogens with one attached hydrogen (secondary N) is 2. The Kier molecular flexibility index (Phi) is 6.39. The third kappa shape index (κ3) is 5.42. The summed E-state index contributed by atoms with van der Waals surface area (Å²) in [4.78, 5) is 12.1. The maximum Gasteiger partial charge on any atom is 0.220 e. The quantitative estimate of drug-likeness (QED) is 0.708. The minimum atomic E-state index is -3.24. The van der Waals surface area contributed by atoms with Crippen LogP contribution in [0.1, 0.15) is 25.7 Å². The second-order valence-electron chi connectivity index (χ2n) is 5.73. The minimum absolute atomic E-state index is 0.0176. The van der Waals surface area contributed by atoms with E-state index in [0.717, 1.165) is 25.9 Å². The van der Waals surface area contributed by atoms with Crippen LogP contribution in [0.3, 0.4) is 0 Å². The summed E-state index contributed by atoms with van der Waals surface area (Å²) in [6, 6.07) is 8.42. The maximum atomic E-state index is 12.1. The molecule has 1 atom stereocenters. The van der Waals surface area contributed by atoms with Gasteiger partial charge in [-0.2, -0.15) is 0 Å². The molecule has 2 N–H and O–H groups in total. The van der Waals surface area contributed by atoms with Crippen LogP contribution in [0.4, 0.5) is 0 Å². The van der Waals surface area contributed by atoms with Gasteiger partial charge in [0.25, 0.3) is 0 Å². The Morgan fingerprint density at radius 2 is 2.05 bits per heavy atom. The summed E-state index contributed by atoms with van der Waals surface area (Å²) in [7, 11) is -3.24. The van der Waals surface area contributed by atoms with Gasteiger partial charge in [-0.25, -0.2) is 8.42 Å². The molecule has 1 aliphatic heterocycles. The topological polar surface area (TPSA) is 75.3 Å². The second-order valence-corrected chi connectivity index (χ2v) is 7.84. The molecule has 0 aromatic heterocycles. The largest absolute Gasteiger partial charge is 0.356 e. The van der Waals surface area contributed by atoms with Crippen molar-refractivity contribution in [1.29, 1.82) is 0 Å². The molecule has 1 aromatic carbocycles. The van der Waals surface area contributed by atoms with Gasteiger partial charge in [-0.15, -0.1) is 0 Å². The fourth-order valence-electron chi connectivity index (χ4n) is 2.62. The van der Waals surface area contributed by atoms with Crippen LogP contribution in [0.25, 0.3) is 0 Å². The van der Waals surface area contributed by atoms with E-state index in [1.165, 1.54) is 0 Å². The Morgan fingerprint density at radius 1 is 1.27 bits per heavy atom. The van der Waals surface area contributed by atoms with Crippen molar-refractivity contribution >= 4 is 15.7 Å². The van der Waals surface area contributed by atoms with Gasteiger partial charge < -0.3 is 10.6 Å². The molecule has 6 heteroatoms. The Hall–Kier alpha value is -1.40. The van der Waals surface area contributed by atoms with Gasteiger partial charge in [0.1, 0.15) is 0 Å². The highest BCUT2D eigenvalue weighted by atomic mass is 32.2. The fraction of sp³-hybridized carbons (Fsp3) is 0.562. The van der Waals surface area contributed by atoms with Crippen molar-refractivity contribution in [1.82, 2.24) is 10.6 Å². The molecule has 0 saturated carbocycles. The Labute approximate surface area is 132 Å². The normalized spacial score (nSPS) is 18.3. The van der Waals surface area contributed by atoms with Gasteiger partial charge in [-0.1, -0.05) is 18.2 Å². The number of hydrogen-bond donors (Lipinski definition) is 2. The number of benzene rings is 1. The zero-order valence-corrected chi connectivity index (χ0v) is 13.6. The first-order chi connectivity index (χ1) is 10.6. The number of hydrogen-bond acceptors (Lipinski definition) is 4. The monoisotopic (exact) mass is 324 g/mol. The van der Waals surface area contributed by atoms with Gasteiger partial charge >= 0.3 is 0 Å². The standard InChI is InChI=1S/C16H24N2O3S/c19-16(8-7-14-9-11-17-13-14)18-10-4-12-22(20,21)15-5-2-1-3-6-15/h1-3,5-6,14,17H,4,7-13H2,(H,18,19). The van der Waals surface area contributed by atoms with Crippen LogP contribution in [-0.4, -0.2) is 39.7 Å². The zero-order valence-electron chi connectivity index (χ0n) is 12.8. The average molecular weight is 324 g/mol. The average Bonchev–Trinajstić information content (AvgIpc) is 3.04. The third-order valence-corrected chi connectivity index (χ3v) is 5.77. The zero-order chi connectivity index (χ0) is 15.8. The van der Waals surface area contributed by atoms with Crippen molar-refractivity contribution < 1.29 is 13.2 Å². The van der Waals surface area contributed by atoms with Crippen LogP contribution in [0, 0.1) is 5.92 Å². The molecule has 1 saturated heterocycles. The predicted molar refractivity (Wildman–Crippen MR) is 86.3 cm³/mol. The second kappa shape index (κ2) is 8.29. The van der Waals surface area contributed by atoms with Crippen LogP contribution < -0.4 is 10.6 Å². The number of carbonyl (C=O) groups is 1. The first-order valence-electron chi connectivity index (χ1n) is 7.83. The molecule has 0 aliphatic carbocycles. The summed E-state index contributed by atoms with van der Waals surface area (Å²) in [5, 5.41) is 6.09. The van der Waals surface area contributed by atoms with Gasteiger partial charge in [0, 0.05) is 13.0 Å². The molecule has 0 radical (unpaired) electrons. The molecular formula is C16H24N2O3S. The SMILES string of the molecule is O=C(CCC1CCNC1)NCCCS(=O)(=O)c1ccccc1. The van der Waals surface area contributed by atoms with Gasteiger partial charge in [0.2, 0.25) is 5.91 Å². The third-order valence-electron chi connectivity index (χ3n) is 3.96. The van der Waals surface area contributed by atoms with E-state index in [-0.39, 0.29) is 11.7 Å². The predicted octanol–water partition coefficient (Wildman–Crippen LogP) is 1.36. The van der Waals surface area contributed by atoms with Crippen molar-refractivity contribution in [3.05, 3.63) is 30.3 Å². The van der Waals surface area contributed by atoms with Crippen molar-refractivity contribution in [2.24, 2.45) is 5.92 Å². The van der Waals surface area contributed by atoms with E-state index in [1.807, 2.05) is 0 Å². The van der Waals surface area contributed by atoms with Crippen LogP contribution in [0.5, 0.6) is 0 Å². The lowest BCUT2D eigenvalue weighted by molar-refractivity contribution is -0.121. The fourth-order valence-corrected chi connectivity index (χ4v) is 3.95. The molecule has 2 rings (SSSR count). The number of rotatable bonds is 8. The summed E-state index contributed by atoms with van der Waals surface area (Å²) < 4.78 is 24.1. The van der Waals surface area contributed by atoms with Gasteiger partial charge in [-0.3, -0.25) is 4.79 Å². The van der Waals surface area contributed by atoms with Crippen molar-refractivity contribution in [2.75, 3.05) is 25.4 Å². The van der Waals surface area contributed by atoms with Crippen LogP contribution in [0.15, 0.2) is 35.2 Å². The molecular weight excluding hydrogens is 300 g/mol. The number of carbonyl (C=O) groups excluding carboxylic acids is 1. The molecule has 1 aromatic rings. The molecule has 1 aliphatic rings. The summed E-state index contributed by atoms with van der Waals surface area (Å²) >= 11 is 0. The van der Waals surface area contributed by atoms with E-state index in [4.69, 9.17) is 0 Å². The highest BCUT2D eigenvalue weighted by molar-refractivity contribution is 7.91. The lowest BCUT2D eigenvalue weighted by Crippen LogP contribution is -2.26. The van der Waals surface area contributed by atoms with E-state index in [9.17, 15) is 13.2 Å². The molecule has 0 bridgehead atoms. The van der Waals surface area contributed by atoms with Crippen LogP contribution >= 0.6 is 0 Å². The molecule has 122 valence electrons. The Balaban J connectivity index is 1.63. The maximum absolute atomic E-state index is 12.1. The smallest absolute Gasteiger partial charge is 0.220 e. The molecule has 1 fully saturated rings. The van der Waals surface area contributed by atoms with Crippen LogP contribution in [0.2, 0.25) is 0 Å². The lowest BCUT2D eigenvalue weighted by Gasteiger charge is -2.09. The highest BCUT2D eigenvalue weighted by Crippen LogP contribution is 2.14. The number of amides is 1. The molecule has 1 heterocycles. The Morgan fingerprint density at radius 3 is 2.73 bits per heavy atom. The van der Waals surface area contributed by atoms with E-state index >= 15 is 0 Å². The summed E-state index contributed by atoms with van der Waals surface area (Å²) in [6.07, 6.45) is 3.01. The minimum Gasteiger partial charge on any atom is -0.356 e. The van der Waals surface area contributed by atoms with Crippen molar-refractivity contribution in [3.63, 3.8) is 0 Å². The van der Waals surface area contributed by atoms with E-state index in [0.29, 0.717) is 30.2 Å². The molecule has 1 unspecified atom stereocenters. The van der Waals surface area contributed by atoms with Gasteiger partial charge in [-0.05, 0) is 50.4 Å². The molecule has 1 amide bonds. The van der Waals surface area contributed by atoms with Crippen molar-refractivity contribution in [2.45, 2.75) is 30.6 Å². The van der Waals surface area contributed by atoms with Crippen LogP contribution in [-0.2, 0) is 14.6 Å². The van der Waals surface area contributed by atoms with E-state index in [1.54, 1.807) is 30.3 Å². The van der Waals surface area contributed by atoms with Gasteiger partial charge in [0.05, 0.1) is 10.6 Å². The van der Waals surface area contributed by atoms with Gasteiger partial charge in [0.15, 0.2) is 9.84 Å². The van der Waals surface area contributed by atoms with Crippen molar-refractivity contribution in [3.8, 4) is 0 Å². The summed E-state index contributed by atoms with van der Waals surface area (Å²) in [6.45, 7) is 2.46. The summed E-state index contributed by atoms with van der Waals surface area (Å²) in [5.74, 6) is 0.678. The van der Waals surface area contributed by atoms with E-state index < -0.39 is 9.84 Å². The molecule has 0 spiro atoms. The number of sulfone groups is 1. The van der Waals surface area contributed by atoms with E-state index in [2.05, 4.69) is 10.6 Å². The molecule has 22 heavy (non-hydrogen) atoms.